The number of pyridine rings is 1. The van der Waals surface area contributed by atoms with Crippen LogP contribution in [0.2, 0.25) is 5.02 Å². The van der Waals surface area contributed by atoms with E-state index in [1.54, 1.807) is 18.5 Å². The Morgan fingerprint density at radius 3 is 2.67 bits per heavy atom. The van der Waals surface area contributed by atoms with Crippen molar-refractivity contribution in [2.24, 2.45) is 5.92 Å². The number of carbonyl (C=O) groups is 1. The Morgan fingerprint density at radius 2 is 2.00 bits per heavy atom. The molecule has 0 aromatic carbocycles. The molecule has 0 aliphatic heterocycles. The average molecular weight is 408 g/mol. The highest BCUT2D eigenvalue weighted by Gasteiger charge is 2.26. The quantitative estimate of drug-likeness (QED) is 0.539. The van der Waals surface area contributed by atoms with E-state index < -0.39 is 0 Å². The third kappa shape index (κ3) is 5.60. The molecule has 0 spiro atoms. The molecule has 27 heavy (non-hydrogen) atoms. The molecule has 8 heteroatoms. The monoisotopic (exact) mass is 407 g/mol. The molecular weight excluding hydrogens is 385 g/mol. The van der Waals surface area contributed by atoms with Crippen molar-refractivity contribution in [3.05, 3.63) is 41.1 Å². The first-order valence-electron chi connectivity index (χ1n) is 8.97. The lowest BCUT2D eigenvalue weighted by Gasteiger charge is -2.27. The third-order valence-corrected chi connectivity index (χ3v) is 5.46. The highest BCUT2D eigenvalue weighted by Crippen LogP contribution is 2.36. The van der Waals surface area contributed by atoms with Gasteiger partial charge in [-0.3, -0.25) is 9.78 Å². The third-order valence-electron chi connectivity index (χ3n) is 4.84. The van der Waals surface area contributed by atoms with Crippen molar-refractivity contribution in [2.75, 3.05) is 7.11 Å². The summed E-state index contributed by atoms with van der Waals surface area (Å²) in [5.41, 5.74) is 0.785. The van der Waals surface area contributed by atoms with Crippen molar-refractivity contribution < 1.29 is 14.3 Å². The van der Waals surface area contributed by atoms with Gasteiger partial charge < -0.3 is 9.47 Å². The lowest BCUT2D eigenvalue weighted by Crippen LogP contribution is -2.19. The smallest absolute Gasteiger partial charge is 0.305 e. The van der Waals surface area contributed by atoms with E-state index in [1.807, 2.05) is 6.07 Å². The van der Waals surface area contributed by atoms with Crippen LogP contribution in [0.4, 0.5) is 0 Å². The van der Waals surface area contributed by atoms with Gasteiger partial charge in [-0.2, -0.15) is 4.98 Å². The fraction of sp³-hybridized carbons (Fsp3) is 0.474. The number of ether oxygens (including phenoxy) is 2. The van der Waals surface area contributed by atoms with Crippen LogP contribution in [0.25, 0.3) is 0 Å². The SMILES string of the molecule is COC(=O)CC1CCC(c2ncc(P)c(OCc3ccc(Cl)cn3)n2)CC1. The van der Waals surface area contributed by atoms with Crippen LogP contribution in [0.3, 0.4) is 0 Å². The number of hydrogen-bond acceptors (Lipinski definition) is 6. The fourth-order valence-corrected chi connectivity index (χ4v) is 3.61. The van der Waals surface area contributed by atoms with Crippen LogP contribution in [0, 0.1) is 5.92 Å². The Kier molecular flexibility index (Phi) is 6.97. The minimum Gasteiger partial charge on any atom is -0.471 e. The van der Waals surface area contributed by atoms with Gasteiger partial charge in [0, 0.05) is 30.0 Å². The summed E-state index contributed by atoms with van der Waals surface area (Å²) in [7, 11) is 4.04. The molecule has 0 radical (unpaired) electrons. The van der Waals surface area contributed by atoms with E-state index in [0.29, 0.717) is 35.8 Å². The maximum Gasteiger partial charge on any atom is 0.305 e. The van der Waals surface area contributed by atoms with Gasteiger partial charge in [-0.25, -0.2) is 4.98 Å². The maximum absolute atomic E-state index is 11.4. The predicted molar refractivity (Wildman–Crippen MR) is 106 cm³/mol. The van der Waals surface area contributed by atoms with Crippen molar-refractivity contribution in [2.45, 2.75) is 44.6 Å². The van der Waals surface area contributed by atoms with Crippen LogP contribution in [-0.2, 0) is 16.1 Å². The molecule has 0 saturated heterocycles. The summed E-state index contributed by atoms with van der Waals surface area (Å²) in [4.78, 5) is 24.8. The number of aromatic nitrogens is 3. The summed E-state index contributed by atoms with van der Waals surface area (Å²) >= 11 is 5.85. The summed E-state index contributed by atoms with van der Waals surface area (Å²) in [6.07, 6.45) is 7.77. The largest absolute Gasteiger partial charge is 0.471 e. The molecular formula is C19H23ClN3O3P. The molecule has 2 aromatic heterocycles. The van der Waals surface area contributed by atoms with Gasteiger partial charge >= 0.3 is 5.97 Å². The van der Waals surface area contributed by atoms with E-state index in [9.17, 15) is 4.79 Å². The minimum atomic E-state index is -0.131. The van der Waals surface area contributed by atoms with Crippen molar-refractivity contribution in [3.63, 3.8) is 0 Å². The molecule has 2 heterocycles. The first-order valence-corrected chi connectivity index (χ1v) is 9.93. The molecule has 0 bridgehead atoms. The van der Waals surface area contributed by atoms with E-state index in [1.165, 1.54) is 7.11 Å². The second-order valence-corrected chi connectivity index (χ2v) is 7.80. The van der Waals surface area contributed by atoms with Crippen LogP contribution in [0.15, 0.2) is 24.5 Å². The summed E-state index contributed by atoms with van der Waals surface area (Å²) in [6, 6.07) is 3.61. The van der Waals surface area contributed by atoms with Crippen LogP contribution < -0.4 is 10.0 Å². The Morgan fingerprint density at radius 1 is 1.22 bits per heavy atom. The number of hydrogen-bond donors (Lipinski definition) is 0. The molecule has 1 atom stereocenters. The van der Waals surface area contributed by atoms with E-state index >= 15 is 0 Å². The van der Waals surface area contributed by atoms with Crippen LogP contribution in [0.5, 0.6) is 5.88 Å². The second-order valence-electron chi connectivity index (χ2n) is 6.74. The topological polar surface area (TPSA) is 74.2 Å². The molecule has 3 rings (SSSR count). The summed E-state index contributed by atoms with van der Waals surface area (Å²) in [5, 5.41) is 1.41. The van der Waals surface area contributed by atoms with E-state index in [-0.39, 0.29) is 5.97 Å². The minimum absolute atomic E-state index is 0.131. The lowest BCUT2D eigenvalue weighted by molar-refractivity contribution is -0.142. The van der Waals surface area contributed by atoms with Gasteiger partial charge in [0.05, 0.1) is 17.8 Å². The molecule has 6 nitrogen and oxygen atoms in total. The molecule has 1 aliphatic rings. The molecule has 144 valence electrons. The molecule has 1 fully saturated rings. The van der Waals surface area contributed by atoms with Gasteiger partial charge in [0.1, 0.15) is 12.4 Å². The summed E-state index contributed by atoms with van der Waals surface area (Å²) < 4.78 is 10.6. The second kappa shape index (κ2) is 9.43. The standard InChI is InChI=1S/C19H23ClN3O3P/c1-25-17(24)8-12-2-4-13(5-3-12)18-22-10-16(27)19(23-18)26-11-15-7-6-14(20)9-21-15/h6-7,9-10,12-13H,2-5,8,11,27H2,1H3. The Bertz CT molecular complexity index is 780. The number of esters is 1. The normalized spacial score (nSPS) is 19.5. The lowest BCUT2D eigenvalue weighted by atomic mass is 9.80. The van der Waals surface area contributed by atoms with E-state index in [2.05, 4.69) is 24.2 Å². The van der Waals surface area contributed by atoms with E-state index in [0.717, 1.165) is 42.5 Å². The van der Waals surface area contributed by atoms with Gasteiger partial charge in [0.2, 0.25) is 5.88 Å². The van der Waals surface area contributed by atoms with Crippen molar-refractivity contribution in [1.29, 1.82) is 0 Å². The van der Waals surface area contributed by atoms with Crippen LogP contribution >= 0.6 is 20.8 Å². The number of rotatable bonds is 6. The first-order chi connectivity index (χ1) is 13.0. The highest BCUT2D eigenvalue weighted by atomic mass is 35.5. The molecule has 1 unspecified atom stereocenters. The maximum atomic E-state index is 11.4. The van der Waals surface area contributed by atoms with Gasteiger partial charge in [0.25, 0.3) is 0 Å². The number of methoxy groups -OCH3 is 1. The highest BCUT2D eigenvalue weighted by molar-refractivity contribution is 7.27. The molecule has 2 aromatic rings. The van der Waals surface area contributed by atoms with E-state index in [4.69, 9.17) is 21.1 Å². The number of halogens is 1. The van der Waals surface area contributed by atoms with Gasteiger partial charge in [0.15, 0.2) is 0 Å². The number of nitrogens with zero attached hydrogens (tertiary/aromatic N) is 3. The molecule has 0 N–H and O–H groups in total. The molecule has 0 amide bonds. The van der Waals surface area contributed by atoms with Gasteiger partial charge in [-0.1, -0.05) is 20.8 Å². The Balaban J connectivity index is 1.60. The Hall–Kier alpha value is -1.78. The zero-order valence-electron chi connectivity index (χ0n) is 15.2. The van der Waals surface area contributed by atoms with Crippen molar-refractivity contribution in [3.8, 4) is 5.88 Å². The zero-order chi connectivity index (χ0) is 19.2. The summed E-state index contributed by atoms with van der Waals surface area (Å²) in [6.45, 7) is 0.320. The van der Waals surface area contributed by atoms with Gasteiger partial charge in [-0.15, -0.1) is 0 Å². The fourth-order valence-electron chi connectivity index (χ4n) is 3.28. The van der Waals surface area contributed by atoms with Crippen LogP contribution in [0.1, 0.15) is 49.5 Å². The van der Waals surface area contributed by atoms with Gasteiger partial charge in [-0.05, 0) is 43.7 Å². The Labute approximate surface area is 166 Å². The van der Waals surface area contributed by atoms with Crippen molar-refractivity contribution in [1.82, 2.24) is 15.0 Å². The average Bonchev–Trinajstić information content (AvgIpc) is 2.69. The predicted octanol–water partition coefficient (Wildman–Crippen LogP) is 3.44. The summed E-state index contributed by atoms with van der Waals surface area (Å²) in [5.74, 6) is 1.91. The zero-order valence-corrected chi connectivity index (χ0v) is 17.1. The first kappa shape index (κ1) is 20.0. The number of carbonyl (C=O) groups excluding carboxylic acids is 1. The van der Waals surface area contributed by atoms with Crippen molar-refractivity contribution >= 4 is 32.1 Å². The van der Waals surface area contributed by atoms with Crippen LogP contribution in [-0.4, -0.2) is 28.0 Å². The molecule has 1 aliphatic carbocycles. The molecule has 1 saturated carbocycles.